The van der Waals surface area contributed by atoms with Gasteiger partial charge in [-0.3, -0.25) is 0 Å². The zero-order valence-corrected chi connectivity index (χ0v) is 15.9. The van der Waals surface area contributed by atoms with E-state index in [0.717, 1.165) is 22.3 Å². The minimum atomic E-state index is -0.409. The molecule has 0 aromatic heterocycles. The molecular weight excluding hydrogens is 348 g/mol. The van der Waals surface area contributed by atoms with Crippen molar-refractivity contribution in [1.29, 1.82) is 0 Å². The smallest absolute Gasteiger partial charge is 0.0713 e. The Balaban J connectivity index is 1.98. The molecule has 0 nitrogen and oxygen atoms in total. The van der Waals surface area contributed by atoms with E-state index in [1.54, 1.807) is 0 Å². The van der Waals surface area contributed by atoms with Crippen molar-refractivity contribution in [3.63, 3.8) is 0 Å². The van der Waals surface area contributed by atoms with Crippen molar-refractivity contribution in [3.8, 4) is 35.8 Å². The van der Waals surface area contributed by atoms with Gasteiger partial charge in [0.25, 0.3) is 0 Å². The standard InChI is InChI=1S/C29H18/c1-3-21-15-17-27-25(19-21)26-20-22(4-2)16-18-28(26)29(27,23-11-7-5-8-12-23)24-13-9-6-10-14-24/h1-2,5-20H. The maximum absolute atomic E-state index is 5.73. The maximum Gasteiger partial charge on any atom is 0.0713 e. The van der Waals surface area contributed by atoms with Gasteiger partial charge in [0.15, 0.2) is 0 Å². The van der Waals surface area contributed by atoms with E-state index < -0.39 is 5.41 Å². The first kappa shape index (κ1) is 17.1. The van der Waals surface area contributed by atoms with Crippen LogP contribution in [0, 0.1) is 24.7 Å². The predicted octanol–water partition coefficient (Wildman–Crippen LogP) is 6.01. The molecule has 134 valence electrons. The van der Waals surface area contributed by atoms with Gasteiger partial charge in [0.2, 0.25) is 0 Å². The van der Waals surface area contributed by atoms with E-state index in [1.165, 1.54) is 22.3 Å². The highest BCUT2D eigenvalue weighted by molar-refractivity contribution is 5.87. The molecule has 0 heteroatoms. The fourth-order valence-corrected chi connectivity index (χ4v) is 4.68. The summed E-state index contributed by atoms with van der Waals surface area (Å²) in [4.78, 5) is 0. The van der Waals surface area contributed by atoms with E-state index in [0.29, 0.717) is 0 Å². The normalized spacial score (nSPS) is 13.0. The molecule has 1 aliphatic carbocycles. The van der Waals surface area contributed by atoms with Gasteiger partial charge in [-0.25, -0.2) is 0 Å². The van der Waals surface area contributed by atoms with E-state index in [1.807, 2.05) is 12.1 Å². The van der Waals surface area contributed by atoms with Gasteiger partial charge in [0, 0.05) is 11.1 Å². The SMILES string of the molecule is C#Cc1ccc2c(c1)-c1cc(C#C)ccc1C2(c1ccccc1)c1ccccc1. The van der Waals surface area contributed by atoms with E-state index in [2.05, 4.69) is 96.8 Å². The Morgan fingerprint density at radius 2 is 0.931 bits per heavy atom. The van der Waals surface area contributed by atoms with Crippen LogP contribution in [0.3, 0.4) is 0 Å². The summed E-state index contributed by atoms with van der Waals surface area (Å²) in [7, 11) is 0. The van der Waals surface area contributed by atoms with Gasteiger partial charge in [-0.05, 0) is 57.6 Å². The largest absolute Gasteiger partial charge is 0.115 e. The van der Waals surface area contributed by atoms with Crippen LogP contribution in [0.15, 0.2) is 97.1 Å². The quantitative estimate of drug-likeness (QED) is 0.336. The molecule has 4 aromatic carbocycles. The summed E-state index contributed by atoms with van der Waals surface area (Å²) in [5, 5.41) is 0. The zero-order chi connectivity index (χ0) is 19.8. The summed E-state index contributed by atoms with van der Waals surface area (Å²) in [6.07, 6.45) is 11.5. The molecule has 0 radical (unpaired) electrons. The van der Waals surface area contributed by atoms with Crippen molar-refractivity contribution < 1.29 is 0 Å². The van der Waals surface area contributed by atoms with Gasteiger partial charge < -0.3 is 0 Å². The molecule has 1 aliphatic rings. The number of terminal acetylenes is 2. The second kappa shape index (κ2) is 6.56. The van der Waals surface area contributed by atoms with Gasteiger partial charge in [-0.1, -0.05) is 84.6 Å². The molecule has 0 bridgehead atoms. The monoisotopic (exact) mass is 366 g/mol. The van der Waals surface area contributed by atoms with Crippen LogP contribution in [-0.2, 0) is 5.41 Å². The first-order chi connectivity index (χ1) is 14.3. The molecule has 29 heavy (non-hydrogen) atoms. The molecule has 0 heterocycles. The topological polar surface area (TPSA) is 0 Å². The molecular formula is C29H18. The first-order valence-electron chi connectivity index (χ1n) is 9.62. The molecule has 0 fully saturated rings. The van der Waals surface area contributed by atoms with E-state index in [9.17, 15) is 0 Å². The summed E-state index contributed by atoms with van der Waals surface area (Å²) in [6, 6.07) is 34.0. The summed E-state index contributed by atoms with van der Waals surface area (Å²) in [5.41, 5.74) is 8.57. The van der Waals surface area contributed by atoms with Crippen LogP contribution in [0.2, 0.25) is 0 Å². The van der Waals surface area contributed by atoms with Gasteiger partial charge >= 0.3 is 0 Å². The average Bonchev–Trinajstić information content (AvgIpc) is 3.10. The van der Waals surface area contributed by atoms with Crippen LogP contribution in [-0.4, -0.2) is 0 Å². The lowest BCUT2D eigenvalue weighted by atomic mass is 9.67. The molecule has 0 amide bonds. The molecule has 5 rings (SSSR count). The third-order valence-electron chi connectivity index (χ3n) is 5.88. The summed E-state index contributed by atoms with van der Waals surface area (Å²) >= 11 is 0. The van der Waals surface area contributed by atoms with Crippen LogP contribution in [0.1, 0.15) is 33.4 Å². The predicted molar refractivity (Wildman–Crippen MR) is 120 cm³/mol. The van der Waals surface area contributed by atoms with Crippen LogP contribution >= 0.6 is 0 Å². The van der Waals surface area contributed by atoms with Crippen molar-refractivity contribution >= 4 is 0 Å². The Bertz CT molecular complexity index is 1190. The van der Waals surface area contributed by atoms with Crippen LogP contribution in [0.4, 0.5) is 0 Å². The number of benzene rings is 4. The highest BCUT2D eigenvalue weighted by atomic mass is 14.5. The Morgan fingerprint density at radius 3 is 1.31 bits per heavy atom. The summed E-state index contributed by atoms with van der Waals surface area (Å²) in [5.74, 6) is 5.57. The number of fused-ring (bicyclic) bond motifs is 3. The Labute approximate surface area is 171 Å². The third-order valence-corrected chi connectivity index (χ3v) is 5.88. The fraction of sp³-hybridized carbons (Fsp3) is 0.0345. The van der Waals surface area contributed by atoms with Crippen LogP contribution < -0.4 is 0 Å². The van der Waals surface area contributed by atoms with Crippen molar-refractivity contribution in [1.82, 2.24) is 0 Å². The highest BCUT2D eigenvalue weighted by Crippen LogP contribution is 2.56. The Morgan fingerprint density at radius 1 is 0.517 bits per heavy atom. The maximum atomic E-state index is 5.73. The first-order valence-corrected chi connectivity index (χ1v) is 9.62. The molecule has 0 saturated carbocycles. The summed E-state index contributed by atoms with van der Waals surface area (Å²) < 4.78 is 0. The summed E-state index contributed by atoms with van der Waals surface area (Å²) in [6.45, 7) is 0. The Hall–Kier alpha value is -4.00. The Kier molecular flexibility index (Phi) is 3.87. The van der Waals surface area contributed by atoms with Crippen molar-refractivity contribution in [2.45, 2.75) is 5.41 Å². The van der Waals surface area contributed by atoms with E-state index in [-0.39, 0.29) is 0 Å². The van der Waals surface area contributed by atoms with Crippen LogP contribution in [0.25, 0.3) is 11.1 Å². The molecule has 4 aromatic rings. The lowest BCUT2D eigenvalue weighted by Gasteiger charge is -2.33. The molecule has 0 saturated heterocycles. The fourth-order valence-electron chi connectivity index (χ4n) is 4.68. The zero-order valence-electron chi connectivity index (χ0n) is 15.9. The molecule has 0 atom stereocenters. The van der Waals surface area contributed by atoms with Crippen molar-refractivity contribution in [3.05, 3.63) is 130 Å². The highest BCUT2D eigenvalue weighted by Gasteiger charge is 2.46. The molecule has 0 spiro atoms. The van der Waals surface area contributed by atoms with Gasteiger partial charge in [-0.15, -0.1) is 12.8 Å². The average molecular weight is 366 g/mol. The van der Waals surface area contributed by atoms with Crippen molar-refractivity contribution in [2.75, 3.05) is 0 Å². The lowest BCUT2D eigenvalue weighted by Crippen LogP contribution is -2.28. The second-order valence-electron chi connectivity index (χ2n) is 7.29. The van der Waals surface area contributed by atoms with Gasteiger partial charge in [0.1, 0.15) is 0 Å². The van der Waals surface area contributed by atoms with E-state index in [4.69, 9.17) is 12.8 Å². The van der Waals surface area contributed by atoms with Crippen LogP contribution in [0.5, 0.6) is 0 Å². The van der Waals surface area contributed by atoms with E-state index >= 15 is 0 Å². The van der Waals surface area contributed by atoms with Crippen molar-refractivity contribution in [2.24, 2.45) is 0 Å². The molecule has 0 N–H and O–H groups in total. The lowest BCUT2D eigenvalue weighted by molar-refractivity contribution is 0.768. The second-order valence-corrected chi connectivity index (χ2v) is 7.29. The minimum Gasteiger partial charge on any atom is -0.115 e. The number of rotatable bonds is 2. The number of hydrogen-bond acceptors (Lipinski definition) is 0. The van der Waals surface area contributed by atoms with Gasteiger partial charge in [0.05, 0.1) is 5.41 Å². The van der Waals surface area contributed by atoms with Gasteiger partial charge in [-0.2, -0.15) is 0 Å². The molecule has 0 aliphatic heterocycles. The third kappa shape index (κ3) is 2.37. The minimum absolute atomic E-state index is 0.409. The molecule has 0 unspecified atom stereocenters. The number of hydrogen-bond donors (Lipinski definition) is 0.